The Morgan fingerprint density at radius 3 is 2.36 bits per heavy atom. The van der Waals surface area contributed by atoms with Gasteiger partial charge in [-0.1, -0.05) is 13.8 Å². The van der Waals surface area contributed by atoms with Gasteiger partial charge in [0.05, 0.1) is 5.60 Å². The molecule has 0 radical (unpaired) electrons. The summed E-state index contributed by atoms with van der Waals surface area (Å²) in [5, 5.41) is 9.86. The molecule has 1 aliphatic rings. The maximum absolute atomic E-state index is 11.6. The fourth-order valence-corrected chi connectivity index (χ4v) is 1.71. The van der Waals surface area contributed by atoms with Gasteiger partial charge in [-0.05, 0) is 12.8 Å². The number of piperidine rings is 1. The molecule has 1 heterocycles. The number of likely N-dealkylation sites (tertiary alicyclic amines) is 1. The van der Waals surface area contributed by atoms with Gasteiger partial charge in [0.25, 0.3) is 0 Å². The van der Waals surface area contributed by atoms with E-state index in [4.69, 9.17) is 5.73 Å². The zero-order chi connectivity index (χ0) is 10.8. The Morgan fingerprint density at radius 1 is 1.50 bits per heavy atom. The highest BCUT2D eigenvalue weighted by molar-refractivity contribution is 5.78. The van der Waals surface area contributed by atoms with E-state index in [1.54, 1.807) is 0 Å². The highest BCUT2D eigenvalue weighted by atomic mass is 16.3. The van der Waals surface area contributed by atoms with Crippen LogP contribution in [0.1, 0.15) is 26.7 Å². The summed E-state index contributed by atoms with van der Waals surface area (Å²) in [6.45, 7) is 5.34. The third-order valence-electron chi connectivity index (χ3n) is 2.88. The van der Waals surface area contributed by atoms with Gasteiger partial charge < -0.3 is 15.7 Å². The Balaban J connectivity index is 2.47. The summed E-state index contributed by atoms with van der Waals surface area (Å²) in [5.74, 6) is 0.211. The van der Waals surface area contributed by atoms with E-state index >= 15 is 0 Å². The van der Waals surface area contributed by atoms with Gasteiger partial charge in [-0.2, -0.15) is 0 Å². The van der Waals surface area contributed by atoms with Crippen molar-refractivity contribution in [1.82, 2.24) is 4.90 Å². The maximum atomic E-state index is 11.6. The summed E-state index contributed by atoms with van der Waals surface area (Å²) in [6, 6.07) is 0. The van der Waals surface area contributed by atoms with E-state index in [0.717, 1.165) is 0 Å². The molecule has 1 saturated heterocycles. The summed E-state index contributed by atoms with van der Waals surface area (Å²) in [5.41, 5.74) is 4.72. The molecule has 0 aromatic rings. The first kappa shape index (κ1) is 11.5. The number of nitrogens with zero attached hydrogens (tertiary/aromatic N) is 1. The number of hydrogen-bond donors (Lipinski definition) is 2. The predicted octanol–water partition coefficient (Wildman–Crippen LogP) is -0.0454. The number of nitrogens with two attached hydrogens (primary N) is 1. The first-order valence-electron chi connectivity index (χ1n) is 5.20. The van der Waals surface area contributed by atoms with E-state index in [1.165, 1.54) is 0 Å². The SMILES string of the molecule is CC(C)C(=O)N1CCC(O)(CN)CC1. The zero-order valence-electron chi connectivity index (χ0n) is 8.99. The van der Waals surface area contributed by atoms with Crippen molar-refractivity contribution in [3.8, 4) is 0 Å². The molecule has 0 bridgehead atoms. The molecular formula is C10H20N2O2. The van der Waals surface area contributed by atoms with E-state index in [-0.39, 0.29) is 18.4 Å². The lowest BCUT2D eigenvalue weighted by Crippen LogP contribution is -2.51. The van der Waals surface area contributed by atoms with E-state index in [2.05, 4.69) is 0 Å². The predicted molar refractivity (Wildman–Crippen MR) is 54.7 cm³/mol. The van der Waals surface area contributed by atoms with Gasteiger partial charge in [0.1, 0.15) is 0 Å². The smallest absolute Gasteiger partial charge is 0.225 e. The van der Waals surface area contributed by atoms with Crippen molar-refractivity contribution in [1.29, 1.82) is 0 Å². The number of hydrogen-bond acceptors (Lipinski definition) is 3. The standard InChI is InChI=1S/C10H20N2O2/c1-8(2)9(13)12-5-3-10(14,7-11)4-6-12/h8,14H,3-7,11H2,1-2H3. The van der Waals surface area contributed by atoms with Crippen molar-refractivity contribution < 1.29 is 9.90 Å². The van der Waals surface area contributed by atoms with Crippen LogP contribution in [-0.2, 0) is 4.79 Å². The quantitative estimate of drug-likeness (QED) is 0.657. The molecule has 0 spiro atoms. The summed E-state index contributed by atoms with van der Waals surface area (Å²) >= 11 is 0. The van der Waals surface area contributed by atoms with Gasteiger partial charge in [-0.25, -0.2) is 0 Å². The number of carbonyl (C=O) groups is 1. The Hall–Kier alpha value is -0.610. The molecule has 4 nitrogen and oxygen atoms in total. The van der Waals surface area contributed by atoms with Crippen molar-refractivity contribution in [2.45, 2.75) is 32.3 Å². The minimum atomic E-state index is -0.742. The lowest BCUT2D eigenvalue weighted by Gasteiger charge is -2.38. The molecule has 3 N–H and O–H groups in total. The molecule has 0 unspecified atom stereocenters. The van der Waals surface area contributed by atoms with Crippen molar-refractivity contribution in [3.05, 3.63) is 0 Å². The normalized spacial score (nSPS) is 21.4. The molecule has 1 amide bonds. The molecule has 0 atom stereocenters. The number of carbonyl (C=O) groups excluding carboxylic acids is 1. The van der Waals surface area contributed by atoms with E-state index in [0.29, 0.717) is 25.9 Å². The summed E-state index contributed by atoms with van der Waals surface area (Å²) in [6.07, 6.45) is 1.20. The average Bonchev–Trinajstić information content (AvgIpc) is 2.18. The van der Waals surface area contributed by atoms with Gasteiger partial charge in [0, 0.05) is 25.6 Å². The summed E-state index contributed by atoms with van der Waals surface area (Å²) in [7, 11) is 0. The van der Waals surface area contributed by atoms with Crippen LogP contribution < -0.4 is 5.73 Å². The number of amides is 1. The molecule has 1 fully saturated rings. The summed E-state index contributed by atoms with van der Waals surface area (Å²) < 4.78 is 0. The van der Waals surface area contributed by atoms with Gasteiger partial charge in [0.15, 0.2) is 0 Å². The Labute approximate surface area is 85.1 Å². The third kappa shape index (κ3) is 2.45. The second-order valence-corrected chi connectivity index (χ2v) is 4.41. The second-order valence-electron chi connectivity index (χ2n) is 4.41. The van der Waals surface area contributed by atoms with Crippen molar-refractivity contribution >= 4 is 5.91 Å². The monoisotopic (exact) mass is 200 g/mol. The van der Waals surface area contributed by atoms with Crippen LogP contribution in [0.4, 0.5) is 0 Å². The molecule has 4 heteroatoms. The molecular weight excluding hydrogens is 180 g/mol. The van der Waals surface area contributed by atoms with Crippen LogP contribution in [0.3, 0.4) is 0 Å². The van der Waals surface area contributed by atoms with E-state index in [1.807, 2.05) is 18.7 Å². The Kier molecular flexibility index (Phi) is 3.50. The Bertz CT molecular complexity index is 208. The van der Waals surface area contributed by atoms with Crippen LogP contribution in [0.15, 0.2) is 0 Å². The fraction of sp³-hybridized carbons (Fsp3) is 0.900. The van der Waals surface area contributed by atoms with E-state index in [9.17, 15) is 9.90 Å². The van der Waals surface area contributed by atoms with Crippen LogP contribution in [0.2, 0.25) is 0 Å². The van der Waals surface area contributed by atoms with Crippen LogP contribution in [0, 0.1) is 5.92 Å². The number of aliphatic hydroxyl groups is 1. The fourth-order valence-electron chi connectivity index (χ4n) is 1.71. The second kappa shape index (κ2) is 4.28. The molecule has 0 aromatic heterocycles. The minimum absolute atomic E-state index is 0.0408. The highest BCUT2D eigenvalue weighted by Crippen LogP contribution is 2.21. The Morgan fingerprint density at radius 2 is 2.00 bits per heavy atom. The lowest BCUT2D eigenvalue weighted by molar-refractivity contribution is -0.138. The van der Waals surface area contributed by atoms with E-state index < -0.39 is 5.60 Å². The third-order valence-corrected chi connectivity index (χ3v) is 2.88. The van der Waals surface area contributed by atoms with Gasteiger partial charge in [-0.15, -0.1) is 0 Å². The van der Waals surface area contributed by atoms with Gasteiger partial charge in [0.2, 0.25) is 5.91 Å². The van der Waals surface area contributed by atoms with Crippen molar-refractivity contribution in [3.63, 3.8) is 0 Å². The molecule has 14 heavy (non-hydrogen) atoms. The largest absolute Gasteiger partial charge is 0.388 e. The average molecular weight is 200 g/mol. The van der Waals surface area contributed by atoms with Crippen LogP contribution >= 0.6 is 0 Å². The molecule has 0 aromatic carbocycles. The molecule has 0 saturated carbocycles. The van der Waals surface area contributed by atoms with Crippen LogP contribution in [0.5, 0.6) is 0 Å². The highest BCUT2D eigenvalue weighted by Gasteiger charge is 2.32. The maximum Gasteiger partial charge on any atom is 0.225 e. The molecule has 1 rings (SSSR count). The zero-order valence-corrected chi connectivity index (χ0v) is 8.99. The van der Waals surface area contributed by atoms with Crippen LogP contribution in [0.25, 0.3) is 0 Å². The van der Waals surface area contributed by atoms with Gasteiger partial charge in [-0.3, -0.25) is 4.79 Å². The van der Waals surface area contributed by atoms with Crippen molar-refractivity contribution in [2.75, 3.05) is 19.6 Å². The summed E-state index contributed by atoms with van der Waals surface area (Å²) in [4.78, 5) is 13.4. The topological polar surface area (TPSA) is 66.6 Å². The van der Waals surface area contributed by atoms with Gasteiger partial charge >= 0.3 is 0 Å². The van der Waals surface area contributed by atoms with Crippen LogP contribution in [-0.4, -0.2) is 41.1 Å². The first-order chi connectivity index (χ1) is 6.48. The molecule has 1 aliphatic heterocycles. The molecule has 0 aliphatic carbocycles. The first-order valence-corrected chi connectivity index (χ1v) is 5.20. The molecule has 82 valence electrons. The lowest BCUT2D eigenvalue weighted by atomic mass is 9.91. The minimum Gasteiger partial charge on any atom is -0.388 e. The number of rotatable bonds is 2. The van der Waals surface area contributed by atoms with Crippen molar-refractivity contribution in [2.24, 2.45) is 11.7 Å².